The first-order chi connectivity index (χ1) is 7.57. The molecule has 0 amide bonds. The van der Waals surface area contributed by atoms with E-state index in [2.05, 4.69) is 0 Å². The van der Waals surface area contributed by atoms with Gasteiger partial charge in [-0.25, -0.2) is 0 Å². The molecule has 0 aromatic carbocycles. The van der Waals surface area contributed by atoms with Crippen LogP contribution in [-0.4, -0.2) is 12.4 Å². The summed E-state index contributed by atoms with van der Waals surface area (Å²) in [6, 6.07) is 0. The summed E-state index contributed by atoms with van der Waals surface area (Å²) in [7, 11) is 0. The molecule has 0 aliphatic heterocycles. The van der Waals surface area contributed by atoms with Crippen LogP contribution >= 0.6 is 0 Å². The van der Waals surface area contributed by atoms with E-state index < -0.39 is 37.0 Å². The van der Waals surface area contributed by atoms with E-state index in [1.807, 2.05) is 0 Å². The minimum absolute atomic E-state index is 0.00792. The van der Waals surface area contributed by atoms with E-state index in [1.165, 1.54) is 0 Å². The van der Waals surface area contributed by atoms with Crippen LogP contribution < -0.4 is 0 Å². The van der Waals surface area contributed by atoms with Crippen molar-refractivity contribution >= 4 is 0 Å². The summed E-state index contributed by atoms with van der Waals surface area (Å²) in [5.41, 5.74) is 0. The van der Waals surface area contributed by atoms with Crippen LogP contribution in [0.2, 0.25) is 0 Å². The topological polar surface area (TPSA) is 0 Å². The molecule has 6 heteroatoms. The van der Waals surface area contributed by atoms with E-state index in [-0.39, 0.29) is 19.3 Å². The van der Waals surface area contributed by atoms with Crippen molar-refractivity contribution < 1.29 is 26.3 Å². The van der Waals surface area contributed by atoms with E-state index in [9.17, 15) is 26.3 Å². The van der Waals surface area contributed by atoms with Crippen molar-refractivity contribution in [1.29, 1.82) is 0 Å². The predicted molar refractivity (Wildman–Crippen MR) is 53.5 cm³/mol. The van der Waals surface area contributed by atoms with Crippen molar-refractivity contribution in [3.05, 3.63) is 0 Å². The summed E-state index contributed by atoms with van der Waals surface area (Å²) in [6.45, 7) is 3.16. The maximum absolute atomic E-state index is 12.2. The average molecular weight is 264 g/mol. The Labute approximate surface area is 97.4 Å². The Balaban J connectivity index is 4.32. The molecule has 0 aliphatic rings. The van der Waals surface area contributed by atoms with E-state index in [1.54, 1.807) is 13.8 Å². The van der Waals surface area contributed by atoms with E-state index >= 15 is 0 Å². The van der Waals surface area contributed by atoms with Gasteiger partial charge in [-0.3, -0.25) is 0 Å². The normalized spacial score (nSPS) is 16.9. The van der Waals surface area contributed by atoms with Crippen molar-refractivity contribution in [2.24, 2.45) is 11.8 Å². The molecule has 0 saturated carbocycles. The molecule has 0 spiro atoms. The van der Waals surface area contributed by atoms with Crippen LogP contribution in [0.25, 0.3) is 0 Å². The lowest BCUT2D eigenvalue weighted by molar-refractivity contribution is -0.153. The molecule has 0 aromatic rings. The molecule has 2 atom stereocenters. The Morgan fingerprint density at radius 2 is 1.00 bits per heavy atom. The summed E-state index contributed by atoms with van der Waals surface area (Å²) in [5.74, 6) is -1.41. The second kappa shape index (κ2) is 6.50. The Bertz CT molecular complexity index is 183. The van der Waals surface area contributed by atoms with Crippen LogP contribution in [0.5, 0.6) is 0 Å². The zero-order valence-corrected chi connectivity index (χ0v) is 9.96. The minimum Gasteiger partial charge on any atom is -0.171 e. The van der Waals surface area contributed by atoms with Gasteiger partial charge in [-0.15, -0.1) is 0 Å². The molecule has 0 aromatic heterocycles. The largest absolute Gasteiger partial charge is 0.389 e. The van der Waals surface area contributed by atoms with Crippen molar-refractivity contribution in [2.75, 3.05) is 0 Å². The van der Waals surface area contributed by atoms with Crippen LogP contribution in [0.1, 0.15) is 46.0 Å². The van der Waals surface area contributed by atoms with Gasteiger partial charge in [0.05, 0.1) is 0 Å². The Kier molecular flexibility index (Phi) is 6.34. The minimum atomic E-state index is -4.29. The Hall–Kier alpha value is -0.420. The smallest absolute Gasteiger partial charge is 0.171 e. The van der Waals surface area contributed by atoms with Crippen LogP contribution in [0.15, 0.2) is 0 Å². The third-order valence-electron chi connectivity index (χ3n) is 2.86. The van der Waals surface area contributed by atoms with Crippen molar-refractivity contribution in [3.63, 3.8) is 0 Å². The van der Waals surface area contributed by atoms with Gasteiger partial charge in [0.2, 0.25) is 0 Å². The highest BCUT2D eigenvalue weighted by Gasteiger charge is 2.35. The van der Waals surface area contributed by atoms with E-state index in [0.29, 0.717) is 0 Å². The lowest BCUT2D eigenvalue weighted by atomic mass is 9.86. The second-order valence-electron chi connectivity index (χ2n) is 4.42. The highest BCUT2D eigenvalue weighted by Crippen LogP contribution is 2.35. The molecule has 0 fully saturated rings. The van der Waals surface area contributed by atoms with Gasteiger partial charge in [0.15, 0.2) is 0 Å². The van der Waals surface area contributed by atoms with Gasteiger partial charge in [0, 0.05) is 12.8 Å². The summed E-state index contributed by atoms with van der Waals surface area (Å²) in [4.78, 5) is 0. The molecule has 2 unspecified atom stereocenters. The quantitative estimate of drug-likeness (QED) is 0.568. The lowest BCUT2D eigenvalue weighted by Gasteiger charge is -2.23. The molecule has 0 rings (SSSR count). The zero-order chi connectivity index (χ0) is 13.7. The molecular weight excluding hydrogens is 246 g/mol. The molecule has 0 bridgehead atoms. The Morgan fingerprint density at radius 3 is 1.18 bits per heavy atom. The zero-order valence-electron chi connectivity index (χ0n) is 9.96. The second-order valence-corrected chi connectivity index (χ2v) is 4.42. The summed E-state index contributed by atoms with van der Waals surface area (Å²) in [6.07, 6.45) is -10.1. The van der Waals surface area contributed by atoms with Gasteiger partial charge in [-0.1, -0.05) is 26.7 Å². The first kappa shape index (κ1) is 16.6. The fourth-order valence-corrected chi connectivity index (χ4v) is 1.91. The number of hydrogen-bond acceptors (Lipinski definition) is 0. The highest BCUT2D eigenvalue weighted by atomic mass is 19.4. The van der Waals surface area contributed by atoms with Gasteiger partial charge in [0.1, 0.15) is 0 Å². The molecule has 17 heavy (non-hydrogen) atoms. The first-order valence-electron chi connectivity index (χ1n) is 5.70. The van der Waals surface area contributed by atoms with Crippen LogP contribution in [0, 0.1) is 11.8 Å². The molecular formula is C11H18F6. The summed E-state index contributed by atoms with van der Waals surface area (Å²) in [5, 5.41) is 0. The predicted octanol–water partition coefficient (Wildman–Crippen LogP) is 5.33. The van der Waals surface area contributed by atoms with Crippen LogP contribution in [0.4, 0.5) is 26.3 Å². The summed E-state index contributed by atoms with van der Waals surface area (Å²) < 4.78 is 73.0. The van der Waals surface area contributed by atoms with Crippen LogP contribution in [-0.2, 0) is 0 Å². The van der Waals surface area contributed by atoms with Crippen molar-refractivity contribution in [1.82, 2.24) is 0 Å². The maximum Gasteiger partial charge on any atom is 0.389 e. The fourth-order valence-electron chi connectivity index (χ4n) is 1.91. The standard InChI is InChI=1S/C11H18F6/c1-3-8(6-10(12,13)14)5-9(4-2)7-11(15,16)17/h8-9H,3-7H2,1-2H3. The first-order valence-corrected chi connectivity index (χ1v) is 5.70. The molecule has 0 saturated heterocycles. The van der Waals surface area contributed by atoms with Crippen molar-refractivity contribution in [3.8, 4) is 0 Å². The molecule has 0 aliphatic carbocycles. The monoisotopic (exact) mass is 264 g/mol. The average Bonchev–Trinajstić information content (AvgIpc) is 2.11. The van der Waals surface area contributed by atoms with Gasteiger partial charge in [0.25, 0.3) is 0 Å². The highest BCUT2D eigenvalue weighted by molar-refractivity contribution is 4.70. The molecule has 0 radical (unpaired) electrons. The molecule has 104 valence electrons. The number of hydrogen-bond donors (Lipinski definition) is 0. The van der Waals surface area contributed by atoms with E-state index in [0.717, 1.165) is 0 Å². The SMILES string of the molecule is CCC(CC(CC)CC(F)(F)F)CC(F)(F)F. The van der Waals surface area contributed by atoms with Gasteiger partial charge < -0.3 is 0 Å². The van der Waals surface area contributed by atoms with Crippen molar-refractivity contribution in [2.45, 2.75) is 58.3 Å². The van der Waals surface area contributed by atoms with Gasteiger partial charge in [-0.2, -0.15) is 26.3 Å². The Morgan fingerprint density at radius 1 is 0.706 bits per heavy atom. The van der Waals surface area contributed by atoms with E-state index in [4.69, 9.17) is 0 Å². The fraction of sp³-hybridized carbons (Fsp3) is 1.00. The maximum atomic E-state index is 12.2. The van der Waals surface area contributed by atoms with Gasteiger partial charge >= 0.3 is 12.4 Å². The number of rotatable bonds is 6. The lowest BCUT2D eigenvalue weighted by Crippen LogP contribution is -2.21. The van der Waals surface area contributed by atoms with Crippen LogP contribution in [0.3, 0.4) is 0 Å². The van der Waals surface area contributed by atoms with Gasteiger partial charge in [-0.05, 0) is 18.3 Å². The summed E-state index contributed by atoms with van der Waals surface area (Å²) >= 11 is 0. The third-order valence-corrected chi connectivity index (χ3v) is 2.86. The molecule has 0 nitrogen and oxygen atoms in total. The number of halogens is 6. The molecule has 0 heterocycles. The molecule has 0 N–H and O–H groups in total. The number of alkyl halides is 6. The third kappa shape index (κ3) is 9.30.